The fourth-order valence-corrected chi connectivity index (χ4v) is 2.67. The molecule has 2 aromatic carbocycles. The Kier molecular flexibility index (Phi) is 9.34. The highest BCUT2D eigenvalue weighted by Gasteiger charge is 2.24. The SMILES string of the molecule is CC(C)(COCc1ccccc1)COC(=O)OCC(C)(C)COCc1ccccc1. The van der Waals surface area contributed by atoms with E-state index in [1.54, 1.807) is 0 Å². The Hall–Kier alpha value is -2.37. The van der Waals surface area contributed by atoms with Gasteiger partial charge in [0.05, 0.1) is 26.4 Å². The zero-order valence-corrected chi connectivity index (χ0v) is 18.6. The van der Waals surface area contributed by atoms with Gasteiger partial charge in [-0.15, -0.1) is 0 Å². The van der Waals surface area contributed by atoms with Crippen molar-refractivity contribution in [3.8, 4) is 0 Å². The van der Waals surface area contributed by atoms with Crippen LogP contribution in [0.25, 0.3) is 0 Å². The predicted octanol–water partition coefficient (Wildman–Crippen LogP) is 5.63. The smallest absolute Gasteiger partial charge is 0.434 e. The van der Waals surface area contributed by atoms with Crippen molar-refractivity contribution < 1.29 is 23.7 Å². The average molecular weight is 415 g/mol. The first-order valence-electron chi connectivity index (χ1n) is 10.3. The number of hydrogen-bond acceptors (Lipinski definition) is 5. The third kappa shape index (κ3) is 9.90. The van der Waals surface area contributed by atoms with Gasteiger partial charge in [0.25, 0.3) is 0 Å². The van der Waals surface area contributed by atoms with Crippen LogP contribution < -0.4 is 0 Å². The van der Waals surface area contributed by atoms with Gasteiger partial charge in [-0.1, -0.05) is 88.4 Å². The van der Waals surface area contributed by atoms with Crippen molar-refractivity contribution in [1.82, 2.24) is 0 Å². The Morgan fingerprint density at radius 1 is 0.633 bits per heavy atom. The third-order valence-electron chi connectivity index (χ3n) is 4.37. The van der Waals surface area contributed by atoms with Gasteiger partial charge in [0.1, 0.15) is 13.2 Å². The maximum Gasteiger partial charge on any atom is 0.508 e. The molecule has 0 aliphatic carbocycles. The van der Waals surface area contributed by atoms with E-state index >= 15 is 0 Å². The summed E-state index contributed by atoms with van der Waals surface area (Å²) in [6, 6.07) is 20.0. The lowest BCUT2D eigenvalue weighted by Gasteiger charge is -2.26. The van der Waals surface area contributed by atoms with Crippen molar-refractivity contribution in [3.63, 3.8) is 0 Å². The van der Waals surface area contributed by atoms with Crippen LogP contribution in [0.5, 0.6) is 0 Å². The van der Waals surface area contributed by atoms with E-state index in [1.807, 2.05) is 88.4 Å². The molecule has 0 saturated heterocycles. The highest BCUT2D eigenvalue weighted by Crippen LogP contribution is 2.20. The van der Waals surface area contributed by atoms with Gasteiger partial charge >= 0.3 is 6.16 Å². The normalized spacial score (nSPS) is 11.9. The van der Waals surface area contributed by atoms with Crippen LogP contribution in [-0.2, 0) is 32.2 Å². The molecule has 0 atom stereocenters. The van der Waals surface area contributed by atoms with E-state index in [4.69, 9.17) is 18.9 Å². The molecule has 0 saturated carbocycles. The van der Waals surface area contributed by atoms with Gasteiger partial charge in [0.2, 0.25) is 0 Å². The minimum atomic E-state index is -0.665. The molecule has 0 aromatic heterocycles. The molecule has 2 aromatic rings. The molecule has 0 N–H and O–H groups in total. The number of hydrogen-bond donors (Lipinski definition) is 0. The molecule has 0 heterocycles. The van der Waals surface area contributed by atoms with Crippen molar-refractivity contribution in [2.45, 2.75) is 40.9 Å². The molecule has 0 spiro atoms. The van der Waals surface area contributed by atoms with Gasteiger partial charge in [-0.3, -0.25) is 0 Å². The molecule has 2 rings (SSSR count). The van der Waals surface area contributed by atoms with Crippen molar-refractivity contribution >= 4 is 6.16 Å². The van der Waals surface area contributed by atoms with Gasteiger partial charge in [-0.05, 0) is 11.1 Å². The third-order valence-corrected chi connectivity index (χ3v) is 4.37. The summed E-state index contributed by atoms with van der Waals surface area (Å²) in [6.07, 6.45) is -0.665. The summed E-state index contributed by atoms with van der Waals surface area (Å²) in [4.78, 5) is 12.0. The van der Waals surface area contributed by atoms with Crippen LogP contribution in [0, 0.1) is 10.8 Å². The predicted molar refractivity (Wildman–Crippen MR) is 117 cm³/mol. The van der Waals surface area contributed by atoms with Gasteiger partial charge in [-0.25, -0.2) is 4.79 Å². The lowest BCUT2D eigenvalue weighted by Crippen LogP contribution is -2.30. The fraction of sp³-hybridized carbons (Fsp3) is 0.480. The van der Waals surface area contributed by atoms with Crippen LogP contribution in [-0.4, -0.2) is 32.6 Å². The zero-order valence-electron chi connectivity index (χ0n) is 18.6. The Balaban J connectivity index is 1.61. The van der Waals surface area contributed by atoms with Gasteiger partial charge in [-0.2, -0.15) is 0 Å². The molecular formula is C25H34O5. The Labute approximate surface area is 180 Å². The second kappa shape index (κ2) is 11.7. The quantitative estimate of drug-likeness (QED) is 0.422. The van der Waals surface area contributed by atoms with Crippen LogP contribution in [0.15, 0.2) is 60.7 Å². The lowest BCUT2D eigenvalue weighted by atomic mass is 9.96. The van der Waals surface area contributed by atoms with E-state index in [9.17, 15) is 4.79 Å². The lowest BCUT2D eigenvalue weighted by molar-refractivity contribution is -0.0319. The van der Waals surface area contributed by atoms with E-state index in [-0.39, 0.29) is 24.0 Å². The summed E-state index contributed by atoms with van der Waals surface area (Å²) in [6.45, 7) is 10.5. The molecular weight excluding hydrogens is 380 g/mol. The van der Waals surface area contributed by atoms with E-state index < -0.39 is 6.16 Å². The second-order valence-electron chi connectivity index (χ2n) is 9.11. The number of rotatable bonds is 12. The molecule has 0 fully saturated rings. The van der Waals surface area contributed by atoms with E-state index in [1.165, 1.54) is 0 Å². The highest BCUT2D eigenvalue weighted by atomic mass is 16.7. The van der Waals surface area contributed by atoms with Crippen molar-refractivity contribution in [1.29, 1.82) is 0 Å². The summed E-state index contributed by atoms with van der Waals surface area (Å²) in [5.74, 6) is 0. The van der Waals surface area contributed by atoms with Crippen LogP contribution in [0.2, 0.25) is 0 Å². The van der Waals surface area contributed by atoms with Crippen molar-refractivity contribution in [3.05, 3.63) is 71.8 Å². The number of carbonyl (C=O) groups excluding carboxylic acids is 1. The Morgan fingerprint density at radius 2 is 1.00 bits per heavy atom. The molecule has 5 heteroatoms. The Bertz CT molecular complexity index is 677. The standard InChI is InChI=1S/C25H34O5/c1-24(2,17-27-15-21-11-7-5-8-12-21)19-29-23(26)30-20-25(3,4)18-28-16-22-13-9-6-10-14-22/h5-14H,15-20H2,1-4H3. The summed E-state index contributed by atoms with van der Waals surface area (Å²) in [5.41, 5.74) is 1.63. The first kappa shape index (κ1) is 23.9. The summed E-state index contributed by atoms with van der Waals surface area (Å²) in [5, 5.41) is 0. The zero-order chi connectivity index (χ0) is 21.9. The van der Waals surface area contributed by atoms with E-state index in [2.05, 4.69) is 0 Å². The van der Waals surface area contributed by atoms with Gasteiger partial charge in [0.15, 0.2) is 0 Å². The van der Waals surface area contributed by atoms with Gasteiger partial charge < -0.3 is 18.9 Å². The highest BCUT2D eigenvalue weighted by molar-refractivity contribution is 5.59. The molecule has 0 aliphatic heterocycles. The summed E-state index contributed by atoms with van der Waals surface area (Å²) < 4.78 is 22.1. The molecule has 0 bridgehead atoms. The molecule has 0 unspecified atom stereocenters. The van der Waals surface area contributed by atoms with Crippen LogP contribution in [0.3, 0.4) is 0 Å². The maximum absolute atomic E-state index is 12.0. The number of ether oxygens (including phenoxy) is 4. The van der Waals surface area contributed by atoms with Crippen LogP contribution in [0.1, 0.15) is 38.8 Å². The molecule has 30 heavy (non-hydrogen) atoms. The van der Waals surface area contributed by atoms with Crippen LogP contribution in [0.4, 0.5) is 4.79 Å². The van der Waals surface area contributed by atoms with E-state index in [0.717, 1.165) is 11.1 Å². The first-order chi connectivity index (χ1) is 14.3. The van der Waals surface area contributed by atoms with Crippen molar-refractivity contribution in [2.75, 3.05) is 26.4 Å². The number of benzene rings is 2. The van der Waals surface area contributed by atoms with Crippen LogP contribution >= 0.6 is 0 Å². The monoisotopic (exact) mass is 414 g/mol. The molecule has 164 valence electrons. The Morgan fingerprint density at radius 3 is 1.37 bits per heavy atom. The first-order valence-corrected chi connectivity index (χ1v) is 10.3. The maximum atomic E-state index is 12.0. The topological polar surface area (TPSA) is 54.0 Å². The summed E-state index contributed by atoms with van der Waals surface area (Å²) in [7, 11) is 0. The molecule has 0 radical (unpaired) electrons. The van der Waals surface area contributed by atoms with Crippen molar-refractivity contribution in [2.24, 2.45) is 10.8 Å². The molecule has 0 amide bonds. The fourth-order valence-electron chi connectivity index (χ4n) is 2.67. The average Bonchev–Trinajstić information content (AvgIpc) is 2.72. The summed E-state index contributed by atoms with van der Waals surface area (Å²) >= 11 is 0. The molecule has 5 nitrogen and oxygen atoms in total. The second-order valence-corrected chi connectivity index (χ2v) is 9.11. The number of carbonyl (C=O) groups is 1. The molecule has 0 aliphatic rings. The van der Waals surface area contributed by atoms with Gasteiger partial charge in [0, 0.05) is 10.8 Å². The van der Waals surface area contributed by atoms with E-state index in [0.29, 0.717) is 26.4 Å². The minimum absolute atomic E-state index is 0.228. The minimum Gasteiger partial charge on any atom is -0.434 e. The largest absolute Gasteiger partial charge is 0.508 e.